The molecule has 1 aliphatic rings. The molecule has 0 bridgehead atoms. The molecule has 0 radical (unpaired) electrons. The Hall–Kier alpha value is -3.02. The largest absolute Gasteiger partial charge is 0.493 e. The van der Waals surface area contributed by atoms with Gasteiger partial charge in [0, 0.05) is 10.7 Å². The van der Waals surface area contributed by atoms with Gasteiger partial charge >= 0.3 is 0 Å². The van der Waals surface area contributed by atoms with Crippen LogP contribution in [0.2, 0.25) is 5.02 Å². The molecule has 2 N–H and O–H groups in total. The summed E-state index contributed by atoms with van der Waals surface area (Å²) in [5.74, 6) is 0.329. The monoisotopic (exact) mass is 647 g/mol. The van der Waals surface area contributed by atoms with Crippen LogP contribution in [-0.4, -0.2) is 30.7 Å². The van der Waals surface area contributed by atoms with E-state index in [1.807, 2.05) is 50.2 Å². The van der Waals surface area contributed by atoms with Crippen molar-refractivity contribution in [1.82, 2.24) is 5.32 Å². The van der Waals surface area contributed by atoms with Crippen molar-refractivity contribution in [2.75, 3.05) is 19.0 Å². The van der Waals surface area contributed by atoms with E-state index in [4.69, 9.17) is 21.1 Å². The van der Waals surface area contributed by atoms with Crippen LogP contribution in [0.3, 0.4) is 0 Å². The molecule has 1 fully saturated rings. The molecule has 190 valence electrons. The smallest absolute Gasteiger partial charge is 0.264 e. The number of ether oxygens (including phenoxy) is 2. The van der Waals surface area contributed by atoms with Crippen molar-refractivity contribution in [3.8, 4) is 11.5 Å². The lowest BCUT2D eigenvalue weighted by Crippen LogP contribution is -2.20. The Kier molecular flexibility index (Phi) is 8.78. The molecule has 1 saturated heterocycles. The van der Waals surface area contributed by atoms with Crippen molar-refractivity contribution >= 4 is 80.4 Å². The molecular formula is C27H23ClIN3O4S. The molecule has 37 heavy (non-hydrogen) atoms. The van der Waals surface area contributed by atoms with E-state index in [-0.39, 0.29) is 18.4 Å². The van der Waals surface area contributed by atoms with E-state index in [1.165, 1.54) is 18.9 Å². The summed E-state index contributed by atoms with van der Waals surface area (Å²) in [4.78, 5) is 29.9. The second-order valence-electron chi connectivity index (χ2n) is 8.15. The molecule has 0 unspecified atom stereocenters. The van der Waals surface area contributed by atoms with Crippen molar-refractivity contribution in [2.24, 2.45) is 4.99 Å². The van der Waals surface area contributed by atoms with Crippen LogP contribution in [0.25, 0.3) is 6.08 Å². The first-order valence-electron chi connectivity index (χ1n) is 11.1. The highest BCUT2D eigenvalue weighted by Gasteiger charge is 2.24. The van der Waals surface area contributed by atoms with E-state index in [1.54, 1.807) is 24.3 Å². The van der Waals surface area contributed by atoms with Gasteiger partial charge in [0.1, 0.15) is 0 Å². The number of carbonyl (C=O) groups is 2. The minimum absolute atomic E-state index is 0.213. The van der Waals surface area contributed by atoms with Gasteiger partial charge in [-0.15, -0.1) is 0 Å². The summed E-state index contributed by atoms with van der Waals surface area (Å²) in [6.45, 7) is 3.68. The van der Waals surface area contributed by atoms with Crippen LogP contribution in [0.5, 0.6) is 11.5 Å². The average molecular weight is 648 g/mol. The van der Waals surface area contributed by atoms with Gasteiger partial charge in [-0.05, 0) is 102 Å². The molecule has 0 aliphatic carbocycles. The number of aryl methyl sites for hydroxylation is 2. The maximum Gasteiger partial charge on any atom is 0.264 e. The fraction of sp³-hybridized carbons (Fsp3) is 0.148. The fourth-order valence-electron chi connectivity index (χ4n) is 3.34. The number of amides is 2. The number of anilines is 1. The normalized spacial score (nSPS) is 15.1. The number of benzene rings is 3. The van der Waals surface area contributed by atoms with E-state index in [0.29, 0.717) is 32.3 Å². The van der Waals surface area contributed by atoms with Crippen molar-refractivity contribution in [1.29, 1.82) is 0 Å². The van der Waals surface area contributed by atoms with Crippen molar-refractivity contribution < 1.29 is 19.1 Å². The van der Waals surface area contributed by atoms with Crippen LogP contribution in [0.15, 0.2) is 64.5 Å². The van der Waals surface area contributed by atoms with Gasteiger partial charge in [-0.2, -0.15) is 0 Å². The zero-order valence-corrected chi connectivity index (χ0v) is 24.0. The summed E-state index contributed by atoms with van der Waals surface area (Å²) in [6, 6.07) is 16.6. The third kappa shape index (κ3) is 7.06. The standard InChI is InChI=1S/C27H23ClIN3O4S/c1-15-4-7-18(8-5-15)31-27-32-26(34)23(37-27)12-17-10-21(29)25(22(11-17)35-3)36-14-24(33)30-19-9-6-16(2)20(28)13-19/h4-13H,14H2,1-3H3,(H,30,33)(H,31,32,34)/b23-12-. The van der Waals surface area contributed by atoms with Crippen LogP contribution in [0.1, 0.15) is 16.7 Å². The second-order valence-corrected chi connectivity index (χ2v) is 10.8. The van der Waals surface area contributed by atoms with Crippen LogP contribution < -0.4 is 20.1 Å². The van der Waals surface area contributed by atoms with Crippen molar-refractivity contribution in [3.63, 3.8) is 0 Å². The highest BCUT2D eigenvalue weighted by atomic mass is 127. The van der Waals surface area contributed by atoms with E-state index in [9.17, 15) is 9.59 Å². The highest BCUT2D eigenvalue weighted by Crippen LogP contribution is 2.36. The Morgan fingerprint density at radius 2 is 1.92 bits per heavy atom. The molecular weight excluding hydrogens is 625 g/mol. The van der Waals surface area contributed by atoms with Gasteiger partial charge in [0.2, 0.25) is 0 Å². The molecule has 3 aromatic rings. The number of aliphatic imine (C=N–C) groups is 1. The lowest BCUT2D eigenvalue weighted by Gasteiger charge is -2.14. The predicted molar refractivity (Wildman–Crippen MR) is 158 cm³/mol. The molecule has 1 aliphatic heterocycles. The maximum absolute atomic E-state index is 12.5. The molecule has 0 spiro atoms. The SMILES string of the molecule is COc1cc(/C=C2\SC(=Nc3ccc(C)cc3)NC2=O)cc(I)c1OCC(=O)Nc1ccc(C)c(Cl)c1. The number of amidine groups is 1. The lowest BCUT2D eigenvalue weighted by molar-refractivity contribution is -0.118. The molecule has 2 amide bonds. The first-order valence-corrected chi connectivity index (χ1v) is 13.4. The van der Waals surface area contributed by atoms with E-state index >= 15 is 0 Å². The van der Waals surface area contributed by atoms with Gasteiger partial charge in [0.15, 0.2) is 23.3 Å². The summed E-state index contributed by atoms with van der Waals surface area (Å²) in [7, 11) is 1.52. The topological polar surface area (TPSA) is 89.0 Å². The summed E-state index contributed by atoms with van der Waals surface area (Å²) in [5, 5.41) is 6.65. The van der Waals surface area contributed by atoms with Gasteiger partial charge < -0.3 is 20.1 Å². The number of methoxy groups -OCH3 is 1. The third-order valence-corrected chi connectivity index (χ3v) is 7.39. The second kappa shape index (κ2) is 12.0. The maximum atomic E-state index is 12.5. The summed E-state index contributed by atoms with van der Waals surface area (Å²) < 4.78 is 12.0. The number of hydrogen-bond donors (Lipinski definition) is 2. The quantitative estimate of drug-likeness (QED) is 0.227. The zero-order valence-electron chi connectivity index (χ0n) is 20.2. The number of carbonyl (C=O) groups excluding carboxylic acids is 2. The van der Waals surface area contributed by atoms with Gasteiger partial charge in [-0.25, -0.2) is 4.99 Å². The minimum Gasteiger partial charge on any atom is -0.493 e. The number of rotatable bonds is 7. The van der Waals surface area contributed by atoms with E-state index < -0.39 is 0 Å². The van der Waals surface area contributed by atoms with Crippen LogP contribution in [0, 0.1) is 17.4 Å². The molecule has 0 atom stereocenters. The number of thioether (sulfide) groups is 1. The van der Waals surface area contributed by atoms with Gasteiger partial charge in [0.05, 0.1) is 21.3 Å². The summed E-state index contributed by atoms with van der Waals surface area (Å²) >= 11 is 9.51. The first kappa shape index (κ1) is 27.0. The van der Waals surface area contributed by atoms with Gasteiger partial charge in [-0.3, -0.25) is 9.59 Å². The summed E-state index contributed by atoms with van der Waals surface area (Å²) in [6.07, 6.45) is 1.76. The molecule has 4 rings (SSSR count). The molecule has 1 heterocycles. The van der Waals surface area contributed by atoms with Crippen molar-refractivity contribution in [2.45, 2.75) is 13.8 Å². The Balaban J connectivity index is 1.45. The zero-order chi connectivity index (χ0) is 26.5. The molecule has 7 nitrogen and oxygen atoms in total. The molecule has 10 heteroatoms. The van der Waals surface area contributed by atoms with E-state index in [0.717, 1.165) is 25.9 Å². The van der Waals surface area contributed by atoms with Crippen LogP contribution >= 0.6 is 46.0 Å². The molecule has 3 aromatic carbocycles. The fourth-order valence-corrected chi connectivity index (χ4v) is 5.14. The third-order valence-electron chi connectivity index (χ3n) is 5.27. The predicted octanol–water partition coefficient (Wildman–Crippen LogP) is 6.48. The van der Waals surface area contributed by atoms with Crippen molar-refractivity contribution in [3.05, 3.63) is 84.8 Å². The number of nitrogens with one attached hydrogen (secondary N) is 2. The Morgan fingerprint density at radius 3 is 2.62 bits per heavy atom. The summed E-state index contributed by atoms with van der Waals surface area (Å²) in [5.41, 5.74) is 4.17. The lowest BCUT2D eigenvalue weighted by atomic mass is 10.2. The van der Waals surface area contributed by atoms with Crippen LogP contribution in [0.4, 0.5) is 11.4 Å². The van der Waals surface area contributed by atoms with Crippen LogP contribution in [-0.2, 0) is 9.59 Å². The average Bonchev–Trinajstić information content (AvgIpc) is 3.20. The Morgan fingerprint density at radius 1 is 1.16 bits per heavy atom. The molecule has 0 saturated carbocycles. The number of halogens is 2. The van der Waals surface area contributed by atoms with Gasteiger partial charge in [0.25, 0.3) is 11.8 Å². The Bertz CT molecular complexity index is 1420. The minimum atomic E-state index is -0.330. The number of hydrogen-bond acceptors (Lipinski definition) is 6. The van der Waals surface area contributed by atoms with Gasteiger partial charge in [-0.1, -0.05) is 35.4 Å². The first-order chi connectivity index (χ1) is 17.7. The number of nitrogens with zero attached hydrogens (tertiary/aromatic N) is 1. The molecule has 0 aromatic heterocycles. The van der Waals surface area contributed by atoms with E-state index in [2.05, 4.69) is 38.2 Å². The highest BCUT2D eigenvalue weighted by molar-refractivity contribution is 14.1. The Labute approximate surface area is 237 Å².